The van der Waals surface area contributed by atoms with Crippen LogP contribution in [0.5, 0.6) is 5.75 Å². The minimum Gasteiger partial charge on any atom is -0.494 e. The lowest BCUT2D eigenvalue weighted by molar-refractivity contribution is 0.0197. The number of hydrogen-bond acceptors (Lipinski definition) is 4. The number of aryl methyl sites for hydroxylation is 1. The summed E-state index contributed by atoms with van der Waals surface area (Å²) in [5, 5.41) is 15.5. The van der Waals surface area contributed by atoms with Gasteiger partial charge in [0.25, 0.3) is 5.91 Å². The Hall–Kier alpha value is -1.92. The van der Waals surface area contributed by atoms with Gasteiger partial charge in [0.05, 0.1) is 13.7 Å². The molecule has 0 saturated heterocycles. The van der Waals surface area contributed by atoms with E-state index in [0.29, 0.717) is 6.42 Å². The Balaban J connectivity index is 1.71. The molecule has 0 spiro atoms. The third-order valence-electron chi connectivity index (χ3n) is 4.20. The Bertz CT molecular complexity index is 730. The summed E-state index contributed by atoms with van der Waals surface area (Å²) in [7, 11) is 1.37. The first kappa shape index (κ1) is 16.0. The lowest BCUT2D eigenvalue weighted by Gasteiger charge is -2.32. The number of hydrogen-bond donors (Lipinski definition) is 2. The minimum absolute atomic E-state index is 0.0929. The van der Waals surface area contributed by atoms with Gasteiger partial charge in [-0.2, -0.15) is 0 Å². The third-order valence-corrected chi connectivity index (χ3v) is 5.18. The number of halogens is 1. The highest BCUT2D eigenvalue weighted by atomic mass is 32.1. The molecule has 1 aromatic heterocycles. The Kier molecular flexibility index (Phi) is 4.37. The smallest absolute Gasteiger partial charge is 0.251 e. The van der Waals surface area contributed by atoms with Gasteiger partial charge in [-0.3, -0.25) is 4.79 Å². The van der Waals surface area contributed by atoms with E-state index in [1.807, 2.05) is 11.4 Å². The zero-order valence-corrected chi connectivity index (χ0v) is 13.6. The van der Waals surface area contributed by atoms with Crippen molar-refractivity contribution >= 4 is 17.2 Å². The van der Waals surface area contributed by atoms with Crippen molar-refractivity contribution in [1.29, 1.82) is 0 Å². The topological polar surface area (TPSA) is 58.6 Å². The highest BCUT2D eigenvalue weighted by Crippen LogP contribution is 2.37. The van der Waals surface area contributed by atoms with Crippen LogP contribution in [0.4, 0.5) is 4.39 Å². The van der Waals surface area contributed by atoms with Gasteiger partial charge in [-0.25, -0.2) is 4.39 Å². The van der Waals surface area contributed by atoms with E-state index in [1.54, 1.807) is 11.3 Å². The number of carbonyl (C=O) groups is 1. The van der Waals surface area contributed by atoms with Gasteiger partial charge in [-0.15, -0.1) is 11.3 Å². The first-order valence-electron chi connectivity index (χ1n) is 7.44. The van der Waals surface area contributed by atoms with Crippen molar-refractivity contribution in [1.82, 2.24) is 5.32 Å². The van der Waals surface area contributed by atoms with Crippen molar-refractivity contribution in [3.8, 4) is 5.75 Å². The summed E-state index contributed by atoms with van der Waals surface area (Å²) in [4.78, 5) is 13.4. The van der Waals surface area contributed by atoms with E-state index in [0.717, 1.165) is 24.5 Å². The minimum atomic E-state index is -1.05. The first-order valence-corrected chi connectivity index (χ1v) is 8.32. The molecule has 1 atom stereocenters. The van der Waals surface area contributed by atoms with Gasteiger partial charge in [-0.1, -0.05) is 0 Å². The van der Waals surface area contributed by atoms with E-state index in [4.69, 9.17) is 4.74 Å². The number of nitrogens with one attached hydrogen (secondary N) is 1. The number of thiophene rings is 1. The molecule has 1 aliphatic carbocycles. The van der Waals surface area contributed by atoms with E-state index in [-0.39, 0.29) is 17.9 Å². The molecule has 0 radical (unpaired) electrons. The van der Waals surface area contributed by atoms with Crippen LogP contribution in [0.25, 0.3) is 0 Å². The second-order valence-corrected chi connectivity index (χ2v) is 6.68. The highest BCUT2D eigenvalue weighted by molar-refractivity contribution is 7.10. The summed E-state index contributed by atoms with van der Waals surface area (Å²) in [6.07, 6.45) is 2.46. The Morgan fingerprint density at radius 3 is 3.04 bits per heavy atom. The molecular weight excluding hydrogens is 317 g/mol. The molecule has 1 heterocycles. The van der Waals surface area contributed by atoms with Crippen LogP contribution in [-0.2, 0) is 12.0 Å². The van der Waals surface area contributed by atoms with Gasteiger partial charge < -0.3 is 15.2 Å². The fraction of sp³-hybridized carbons (Fsp3) is 0.353. The maximum atomic E-state index is 13.7. The fourth-order valence-electron chi connectivity index (χ4n) is 2.94. The number of ether oxygens (including phenoxy) is 1. The number of methoxy groups -OCH3 is 1. The number of amides is 1. The van der Waals surface area contributed by atoms with Crippen molar-refractivity contribution in [2.75, 3.05) is 13.7 Å². The Labute approximate surface area is 137 Å². The SMILES string of the molecule is COc1ccc(C(=O)NCC2(O)CCCc3sccc32)cc1F. The van der Waals surface area contributed by atoms with Crippen molar-refractivity contribution < 1.29 is 19.0 Å². The quantitative estimate of drug-likeness (QED) is 0.903. The van der Waals surface area contributed by atoms with Gasteiger partial charge in [0.2, 0.25) is 0 Å². The lowest BCUT2D eigenvalue weighted by Crippen LogP contribution is -2.42. The number of carbonyl (C=O) groups excluding carboxylic acids is 1. The largest absolute Gasteiger partial charge is 0.494 e. The number of benzene rings is 1. The predicted octanol–water partition coefficient (Wildman–Crippen LogP) is 2.85. The molecule has 2 N–H and O–H groups in total. The van der Waals surface area contributed by atoms with Crippen LogP contribution >= 0.6 is 11.3 Å². The average Bonchev–Trinajstić information content (AvgIpc) is 3.03. The molecular formula is C17H18FNO3S. The standard InChI is InChI=1S/C17H18FNO3S/c1-22-14-5-4-11(9-13(14)18)16(20)19-10-17(21)7-2-3-15-12(17)6-8-23-15/h4-6,8-9,21H,2-3,7,10H2,1H3,(H,19,20). The molecule has 0 aliphatic heterocycles. The molecule has 23 heavy (non-hydrogen) atoms. The van der Waals surface area contributed by atoms with Gasteiger partial charge in [-0.05, 0) is 54.5 Å². The molecule has 122 valence electrons. The number of aliphatic hydroxyl groups is 1. The van der Waals surface area contributed by atoms with E-state index in [9.17, 15) is 14.3 Å². The van der Waals surface area contributed by atoms with Crippen molar-refractivity contribution in [2.45, 2.75) is 24.9 Å². The first-order chi connectivity index (χ1) is 11.0. The van der Waals surface area contributed by atoms with Crippen molar-refractivity contribution in [2.24, 2.45) is 0 Å². The summed E-state index contributed by atoms with van der Waals surface area (Å²) >= 11 is 1.63. The second kappa shape index (κ2) is 6.29. The van der Waals surface area contributed by atoms with Crippen molar-refractivity contribution in [3.63, 3.8) is 0 Å². The van der Waals surface area contributed by atoms with Gasteiger partial charge in [0, 0.05) is 10.4 Å². The maximum absolute atomic E-state index is 13.7. The molecule has 3 rings (SSSR count). The average molecular weight is 335 g/mol. The van der Waals surface area contributed by atoms with E-state index >= 15 is 0 Å². The van der Waals surface area contributed by atoms with Crippen LogP contribution in [0.2, 0.25) is 0 Å². The fourth-order valence-corrected chi connectivity index (χ4v) is 3.96. The maximum Gasteiger partial charge on any atom is 0.251 e. The van der Waals surface area contributed by atoms with Gasteiger partial charge in [0.15, 0.2) is 11.6 Å². The molecule has 2 aromatic rings. The monoisotopic (exact) mass is 335 g/mol. The molecule has 0 bridgehead atoms. The molecule has 1 aromatic carbocycles. The van der Waals surface area contributed by atoms with Crippen molar-refractivity contribution in [3.05, 3.63) is 51.5 Å². The van der Waals surface area contributed by atoms with Crippen LogP contribution in [0, 0.1) is 5.82 Å². The third kappa shape index (κ3) is 3.09. The summed E-state index contributed by atoms with van der Waals surface area (Å²) in [5.41, 5.74) is 0.0528. The molecule has 4 nitrogen and oxygen atoms in total. The predicted molar refractivity (Wildman–Crippen MR) is 86.4 cm³/mol. The molecule has 0 fully saturated rings. The summed E-state index contributed by atoms with van der Waals surface area (Å²) in [6, 6.07) is 5.96. The zero-order valence-electron chi connectivity index (χ0n) is 12.8. The number of fused-ring (bicyclic) bond motifs is 1. The molecule has 1 amide bonds. The second-order valence-electron chi connectivity index (χ2n) is 5.67. The molecule has 0 saturated carbocycles. The van der Waals surface area contributed by atoms with E-state index < -0.39 is 17.3 Å². The summed E-state index contributed by atoms with van der Waals surface area (Å²) in [5.74, 6) is -0.908. The van der Waals surface area contributed by atoms with E-state index in [1.165, 1.54) is 24.1 Å². The normalized spacial score (nSPS) is 20.0. The van der Waals surface area contributed by atoms with Crippen LogP contribution < -0.4 is 10.1 Å². The highest BCUT2D eigenvalue weighted by Gasteiger charge is 2.35. The van der Waals surface area contributed by atoms with Crippen LogP contribution in [-0.4, -0.2) is 24.7 Å². The van der Waals surface area contributed by atoms with Crippen LogP contribution in [0.3, 0.4) is 0 Å². The molecule has 1 aliphatic rings. The zero-order chi connectivity index (χ0) is 16.4. The molecule has 1 unspecified atom stereocenters. The number of rotatable bonds is 4. The lowest BCUT2D eigenvalue weighted by atomic mass is 9.83. The van der Waals surface area contributed by atoms with E-state index in [2.05, 4.69) is 5.32 Å². The Morgan fingerprint density at radius 1 is 1.48 bits per heavy atom. The Morgan fingerprint density at radius 2 is 2.30 bits per heavy atom. The van der Waals surface area contributed by atoms with Gasteiger partial charge in [0.1, 0.15) is 5.60 Å². The van der Waals surface area contributed by atoms with Crippen LogP contribution in [0.1, 0.15) is 33.6 Å². The van der Waals surface area contributed by atoms with Crippen LogP contribution in [0.15, 0.2) is 29.6 Å². The summed E-state index contributed by atoms with van der Waals surface area (Å²) < 4.78 is 18.5. The molecule has 6 heteroatoms. The van der Waals surface area contributed by atoms with Gasteiger partial charge >= 0.3 is 0 Å². The summed E-state index contributed by atoms with van der Waals surface area (Å²) in [6.45, 7) is 0.114.